The number of ether oxygens (including phenoxy) is 3. The lowest BCUT2D eigenvalue weighted by Gasteiger charge is -2.28. The fourth-order valence-electron chi connectivity index (χ4n) is 5.10. The Kier molecular flexibility index (Phi) is 7.55. The number of hydrogen-bond acceptors (Lipinski definition) is 9. The highest BCUT2D eigenvalue weighted by molar-refractivity contribution is 5.90. The van der Waals surface area contributed by atoms with Gasteiger partial charge in [-0.2, -0.15) is 0 Å². The van der Waals surface area contributed by atoms with Gasteiger partial charge in [0.15, 0.2) is 11.5 Å². The van der Waals surface area contributed by atoms with Gasteiger partial charge in [0.2, 0.25) is 11.8 Å². The number of hydrogen-bond donors (Lipinski definition) is 1. The number of morpholine rings is 1. The van der Waals surface area contributed by atoms with Gasteiger partial charge in [-0.3, -0.25) is 4.57 Å². The lowest BCUT2D eigenvalue weighted by molar-refractivity contribution is -0.0284. The number of benzene rings is 1. The van der Waals surface area contributed by atoms with E-state index in [2.05, 4.69) is 41.1 Å². The minimum Gasteiger partial charge on any atom is -0.478 e. The molecule has 2 aliphatic heterocycles. The SMILES string of the molecule is CCCCOc1ccc(-c2nc(-c3ccc(N4CCOCC4)cc3)nc3c2nc(N)n3C2CCCCO2)cn1. The average Bonchev–Trinajstić information content (AvgIpc) is 3.34. The molecule has 0 saturated carbocycles. The summed E-state index contributed by atoms with van der Waals surface area (Å²) in [5.74, 6) is 1.57. The Hall–Kier alpha value is -3.76. The van der Waals surface area contributed by atoms with Gasteiger partial charge in [0.25, 0.3) is 0 Å². The standard InChI is InChI=1S/C29H35N7O3/c1-2-3-15-38-23-12-9-21(19-31-23)25-26-28(36(29(30)33-26)24-6-4-5-16-39-24)34-27(32-25)20-7-10-22(11-8-20)35-13-17-37-18-14-35/h7-12,19,24H,2-6,13-18H2,1H3,(H2,30,33). The van der Waals surface area contributed by atoms with E-state index < -0.39 is 0 Å². The normalized spacial score (nSPS) is 18.0. The molecule has 204 valence electrons. The molecule has 10 nitrogen and oxygen atoms in total. The molecular weight excluding hydrogens is 494 g/mol. The first-order valence-electron chi connectivity index (χ1n) is 13.9. The summed E-state index contributed by atoms with van der Waals surface area (Å²) in [6.07, 6.45) is 6.62. The van der Waals surface area contributed by atoms with Crippen LogP contribution < -0.4 is 15.4 Å². The van der Waals surface area contributed by atoms with Crippen LogP contribution >= 0.6 is 0 Å². The monoisotopic (exact) mass is 529 g/mol. The summed E-state index contributed by atoms with van der Waals surface area (Å²) in [7, 11) is 0. The quantitative estimate of drug-likeness (QED) is 0.320. The molecule has 39 heavy (non-hydrogen) atoms. The molecule has 1 unspecified atom stereocenters. The van der Waals surface area contributed by atoms with Crippen LogP contribution in [0.1, 0.15) is 45.3 Å². The number of pyridine rings is 1. The summed E-state index contributed by atoms with van der Waals surface area (Å²) in [6.45, 7) is 6.74. The molecule has 10 heteroatoms. The third-order valence-electron chi connectivity index (χ3n) is 7.27. The molecule has 6 rings (SSSR count). The molecule has 2 fully saturated rings. The second-order valence-electron chi connectivity index (χ2n) is 9.96. The number of imidazole rings is 1. The topological polar surface area (TPSA) is 113 Å². The molecular formula is C29H35N7O3. The van der Waals surface area contributed by atoms with Crippen LogP contribution in [0.3, 0.4) is 0 Å². The van der Waals surface area contributed by atoms with Crippen LogP contribution in [0.15, 0.2) is 42.6 Å². The number of aromatic nitrogens is 5. The van der Waals surface area contributed by atoms with Gasteiger partial charge >= 0.3 is 0 Å². The fourth-order valence-corrected chi connectivity index (χ4v) is 5.10. The lowest BCUT2D eigenvalue weighted by atomic mass is 10.1. The van der Waals surface area contributed by atoms with Crippen molar-refractivity contribution in [2.24, 2.45) is 0 Å². The van der Waals surface area contributed by atoms with Gasteiger partial charge in [-0.15, -0.1) is 0 Å². The highest BCUT2D eigenvalue weighted by atomic mass is 16.5. The molecule has 4 aromatic rings. The van der Waals surface area contributed by atoms with Gasteiger partial charge in [0.05, 0.1) is 19.8 Å². The van der Waals surface area contributed by atoms with Crippen molar-refractivity contribution in [3.8, 4) is 28.5 Å². The third-order valence-corrected chi connectivity index (χ3v) is 7.27. The van der Waals surface area contributed by atoms with E-state index >= 15 is 0 Å². The largest absolute Gasteiger partial charge is 0.478 e. The predicted octanol–water partition coefficient (Wildman–Crippen LogP) is 4.85. The Morgan fingerprint density at radius 2 is 1.79 bits per heavy atom. The van der Waals surface area contributed by atoms with E-state index in [0.717, 1.165) is 75.2 Å². The van der Waals surface area contributed by atoms with Crippen LogP contribution in [0, 0.1) is 0 Å². The minimum absolute atomic E-state index is 0.199. The molecule has 0 spiro atoms. The van der Waals surface area contributed by atoms with Crippen molar-refractivity contribution in [3.05, 3.63) is 42.6 Å². The van der Waals surface area contributed by atoms with Gasteiger partial charge in [0.1, 0.15) is 17.4 Å². The van der Waals surface area contributed by atoms with Crippen molar-refractivity contribution >= 4 is 22.8 Å². The average molecular weight is 530 g/mol. The molecule has 0 amide bonds. The Morgan fingerprint density at radius 1 is 0.974 bits per heavy atom. The van der Waals surface area contributed by atoms with E-state index in [1.165, 1.54) is 0 Å². The lowest BCUT2D eigenvalue weighted by Crippen LogP contribution is -2.36. The van der Waals surface area contributed by atoms with Gasteiger partial charge in [-0.1, -0.05) is 13.3 Å². The number of anilines is 2. The number of rotatable bonds is 8. The van der Waals surface area contributed by atoms with Crippen LogP contribution in [0.5, 0.6) is 5.88 Å². The van der Waals surface area contributed by atoms with Crippen LogP contribution in [0.4, 0.5) is 11.6 Å². The number of nitrogens with zero attached hydrogens (tertiary/aromatic N) is 6. The third kappa shape index (κ3) is 5.39. The predicted molar refractivity (Wildman–Crippen MR) is 151 cm³/mol. The molecule has 0 aliphatic carbocycles. The zero-order chi connectivity index (χ0) is 26.6. The summed E-state index contributed by atoms with van der Waals surface area (Å²) >= 11 is 0. The van der Waals surface area contributed by atoms with Gasteiger partial charge in [-0.25, -0.2) is 19.9 Å². The van der Waals surface area contributed by atoms with E-state index in [0.29, 0.717) is 47.7 Å². The molecule has 2 aliphatic rings. The zero-order valence-corrected chi connectivity index (χ0v) is 22.4. The van der Waals surface area contributed by atoms with Crippen molar-refractivity contribution in [1.29, 1.82) is 0 Å². The van der Waals surface area contributed by atoms with Gasteiger partial charge in [-0.05, 0) is 56.0 Å². The maximum absolute atomic E-state index is 6.47. The molecule has 2 saturated heterocycles. The zero-order valence-electron chi connectivity index (χ0n) is 22.4. The number of nitrogens with two attached hydrogens (primary N) is 1. The second kappa shape index (κ2) is 11.5. The Bertz CT molecular complexity index is 1390. The van der Waals surface area contributed by atoms with Crippen LogP contribution in [0.25, 0.3) is 33.8 Å². The maximum atomic E-state index is 6.47. The molecule has 5 heterocycles. The van der Waals surface area contributed by atoms with E-state index in [1.807, 2.05) is 16.7 Å². The summed E-state index contributed by atoms with van der Waals surface area (Å²) in [6, 6.07) is 12.2. The number of fused-ring (bicyclic) bond motifs is 1. The molecule has 2 N–H and O–H groups in total. The molecule has 3 aromatic heterocycles. The number of nitrogen functional groups attached to an aromatic ring is 1. The Balaban J connectivity index is 1.41. The first-order valence-corrected chi connectivity index (χ1v) is 13.9. The number of unbranched alkanes of at least 4 members (excludes halogenated alkanes) is 1. The first kappa shape index (κ1) is 25.5. The maximum Gasteiger partial charge on any atom is 0.213 e. The molecule has 0 radical (unpaired) electrons. The van der Waals surface area contributed by atoms with Gasteiger partial charge < -0.3 is 24.8 Å². The molecule has 0 bridgehead atoms. The van der Waals surface area contributed by atoms with Crippen molar-refractivity contribution in [3.63, 3.8) is 0 Å². The summed E-state index contributed by atoms with van der Waals surface area (Å²) < 4.78 is 19.3. The minimum atomic E-state index is -0.199. The van der Waals surface area contributed by atoms with Crippen LogP contribution in [0.2, 0.25) is 0 Å². The fraction of sp³-hybridized carbons (Fsp3) is 0.448. The Morgan fingerprint density at radius 3 is 2.51 bits per heavy atom. The highest BCUT2D eigenvalue weighted by Gasteiger charge is 2.25. The summed E-state index contributed by atoms with van der Waals surface area (Å²) in [5.41, 5.74) is 11.4. The van der Waals surface area contributed by atoms with E-state index in [9.17, 15) is 0 Å². The van der Waals surface area contributed by atoms with E-state index in [1.54, 1.807) is 6.20 Å². The molecule has 1 atom stereocenters. The summed E-state index contributed by atoms with van der Waals surface area (Å²) in [5, 5.41) is 0. The van der Waals surface area contributed by atoms with E-state index in [-0.39, 0.29) is 6.23 Å². The smallest absolute Gasteiger partial charge is 0.213 e. The van der Waals surface area contributed by atoms with E-state index in [4.69, 9.17) is 34.9 Å². The highest BCUT2D eigenvalue weighted by Crippen LogP contribution is 2.35. The molecule has 1 aromatic carbocycles. The van der Waals surface area contributed by atoms with Crippen molar-refractivity contribution < 1.29 is 14.2 Å². The van der Waals surface area contributed by atoms with Crippen LogP contribution in [-0.2, 0) is 9.47 Å². The Labute approximate surface area is 228 Å². The van der Waals surface area contributed by atoms with Gasteiger partial charge in [0, 0.05) is 48.8 Å². The van der Waals surface area contributed by atoms with Crippen molar-refractivity contribution in [2.75, 3.05) is 50.2 Å². The van der Waals surface area contributed by atoms with Crippen LogP contribution in [-0.4, -0.2) is 64.0 Å². The summed E-state index contributed by atoms with van der Waals surface area (Å²) in [4.78, 5) is 21.6. The first-order chi connectivity index (χ1) is 19.2. The second-order valence-corrected chi connectivity index (χ2v) is 9.96. The van der Waals surface area contributed by atoms with Crippen molar-refractivity contribution in [1.82, 2.24) is 24.5 Å². The van der Waals surface area contributed by atoms with Crippen molar-refractivity contribution in [2.45, 2.75) is 45.3 Å².